The van der Waals surface area contributed by atoms with Crippen molar-refractivity contribution >= 4 is 23.8 Å². The van der Waals surface area contributed by atoms with Crippen molar-refractivity contribution in [3.8, 4) is 0 Å². The number of carbonyl (C=O) groups is 2. The fraction of sp³-hybridized carbons (Fsp3) is 0.833. The molecular formula is C12H20N2O3S. The van der Waals surface area contributed by atoms with Gasteiger partial charge in [-0.1, -0.05) is 0 Å². The Hall–Kier alpha value is -0.910. The first-order chi connectivity index (χ1) is 8.61. The lowest BCUT2D eigenvalue weighted by Crippen LogP contribution is -2.48. The first kappa shape index (κ1) is 13.5. The van der Waals surface area contributed by atoms with Crippen molar-refractivity contribution in [3.63, 3.8) is 0 Å². The van der Waals surface area contributed by atoms with Gasteiger partial charge in [0.25, 0.3) is 0 Å². The van der Waals surface area contributed by atoms with E-state index in [0.717, 1.165) is 25.7 Å². The Balaban J connectivity index is 1.86. The highest BCUT2D eigenvalue weighted by Crippen LogP contribution is 2.28. The third-order valence-corrected chi connectivity index (χ3v) is 4.94. The summed E-state index contributed by atoms with van der Waals surface area (Å²) in [5, 5.41) is 12.7. The molecule has 1 aliphatic heterocycles. The van der Waals surface area contributed by atoms with Crippen molar-refractivity contribution in [1.82, 2.24) is 10.2 Å². The summed E-state index contributed by atoms with van der Waals surface area (Å²) in [6.07, 6.45) is 6.58. The van der Waals surface area contributed by atoms with E-state index in [2.05, 4.69) is 11.6 Å². The van der Waals surface area contributed by atoms with Gasteiger partial charge in [-0.3, -0.25) is 0 Å². The van der Waals surface area contributed by atoms with Crippen LogP contribution in [-0.4, -0.2) is 52.1 Å². The van der Waals surface area contributed by atoms with Crippen LogP contribution in [0.4, 0.5) is 4.79 Å². The molecule has 0 aromatic heterocycles. The van der Waals surface area contributed by atoms with Gasteiger partial charge in [0, 0.05) is 17.8 Å². The number of hydrogen-bond donors (Lipinski definition) is 2. The van der Waals surface area contributed by atoms with E-state index < -0.39 is 12.0 Å². The molecule has 2 rings (SSSR count). The Labute approximate surface area is 111 Å². The fourth-order valence-corrected chi connectivity index (χ4v) is 3.61. The normalized spacial score (nSPS) is 31.6. The molecule has 1 heterocycles. The van der Waals surface area contributed by atoms with Crippen molar-refractivity contribution < 1.29 is 14.7 Å². The van der Waals surface area contributed by atoms with Crippen LogP contribution >= 0.6 is 11.8 Å². The number of rotatable bonds is 3. The lowest BCUT2D eigenvalue weighted by Gasteiger charge is -2.24. The summed E-state index contributed by atoms with van der Waals surface area (Å²) < 4.78 is 0. The van der Waals surface area contributed by atoms with E-state index in [1.807, 2.05) is 11.8 Å². The first-order valence-corrected chi connectivity index (χ1v) is 7.73. The zero-order chi connectivity index (χ0) is 13.1. The van der Waals surface area contributed by atoms with Gasteiger partial charge in [-0.15, -0.1) is 0 Å². The molecule has 2 amide bonds. The lowest BCUT2D eigenvalue weighted by atomic mass is 10.2. The van der Waals surface area contributed by atoms with Gasteiger partial charge >= 0.3 is 12.0 Å². The number of urea groups is 1. The molecule has 0 radical (unpaired) electrons. The molecule has 2 unspecified atom stereocenters. The maximum atomic E-state index is 12.1. The third kappa shape index (κ3) is 2.91. The maximum Gasteiger partial charge on any atom is 0.326 e. The van der Waals surface area contributed by atoms with Gasteiger partial charge in [-0.2, -0.15) is 11.8 Å². The van der Waals surface area contributed by atoms with Crippen molar-refractivity contribution in [2.75, 3.05) is 12.8 Å². The monoisotopic (exact) mass is 272 g/mol. The van der Waals surface area contributed by atoms with Crippen LogP contribution in [0, 0.1) is 0 Å². The van der Waals surface area contributed by atoms with E-state index in [1.54, 1.807) is 0 Å². The van der Waals surface area contributed by atoms with Gasteiger partial charge in [-0.25, -0.2) is 9.59 Å². The summed E-state index contributed by atoms with van der Waals surface area (Å²) >= 11 is 1.84. The summed E-state index contributed by atoms with van der Waals surface area (Å²) in [6, 6.07) is -0.626. The highest BCUT2D eigenvalue weighted by atomic mass is 32.2. The van der Waals surface area contributed by atoms with Gasteiger partial charge in [-0.05, 0) is 38.4 Å². The molecule has 18 heavy (non-hydrogen) atoms. The van der Waals surface area contributed by atoms with Gasteiger partial charge in [0.15, 0.2) is 0 Å². The molecule has 0 spiro atoms. The summed E-state index contributed by atoms with van der Waals surface area (Å²) in [7, 11) is 0. The first-order valence-electron chi connectivity index (χ1n) is 6.44. The Bertz CT molecular complexity index is 337. The molecule has 5 nitrogen and oxygen atoms in total. The molecule has 1 saturated heterocycles. The van der Waals surface area contributed by atoms with E-state index in [1.165, 1.54) is 4.90 Å². The van der Waals surface area contributed by atoms with Crippen LogP contribution in [0.2, 0.25) is 0 Å². The number of carbonyl (C=O) groups excluding carboxylic acids is 1. The fourth-order valence-electron chi connectivity index (χ4n) is 2.81. The molecular weight excluding hydrogens is 252 g/mol. The van der Waals surface area contributed by atoms with Crippen molar-refractivity contribution in [3.05, 3.63) is 0 Å². The Morgan fingerprint density at radius 1 is 1.33 bits per heavy atom. The van der Waals surface area contributed by atoms with Crippen molar-refractivity contribution in [2.45, 2.75) is 49.4 Å². The number of nitrogens with one attached hydrogen (secondary N) is 1. The highest BCUT2D eigenvalue weighted by Gasteiger charge is 2.35. The molecule has 0 aromatic carbocycles. The van der Waals surface area contributed by atoms with Gasteiger partial charge < -0.3 is 15.3 Å². The van der Waals surface area contributed by atoms with Gasteiger partial charge in [0.2, 0.25) is 0 Å². The van der Waals surface area contributed by atoms with Crippen LogP contribution in [0.15, 0.2) is 0 Å². The van der Waals surface area contributed by atoms with E-state index in [4.69, 9.17) is 5.11 Å². The number of hydrogen-bond acceptors (Lipinski definition) is 3. The predicted octanol–water partition coefficient (Wildman–Crippen LogP) is 1.53. The van der Waals surface area contributed by atoms with E-state index >= 15 is 0 Å². The molecule has 0 aromatic rings. The second kappa shape index (κ2) is 5.82. The Morgan fingerprint density at radius 3 is 2.72 bits per heavy atom. The smallest absolute Gasteiger partial charge is 0.326 e. The second-order valence-corrected chi connectivity index (χ2v) is 6.14. The maximum absolute atomic E-state index is 12.1. The largest absolute Gasteiger partial charge is 0.480 e. The van der Waals surface area contributed by atoms with Crippen LogP contribution in [-0.2, 0) is 4.79 Å². The lowest BCUT2D eigenvalue weighted by molar-refractivity contribution is -0.141. The molecule has 2 N–H and O–H groups in total. The second-order valence-electron chi connectivity index (χ2n) is 5.01. The number of nitrogens with zero attached hydrogens (tertiary/aromatic N) is 1. The van der Waals surface area contributed by atoms with Crippen LogP contribution in [0.3, 0.4) is 0 Å². The summed E-state index contributed by atoms with van der Waals surface area (Å²) in [5.74, 6) is -0.893. The van der Waals surface area contributed by atoms with E-state index in [-0.39, 0.29) is 12.1 Å². The number of carboxylic acids is 1. The zero-order valence-electron chi connectivity index (χ0n) is 10.6. The Kier molecular flexibility index (Phi) is 4.37. The number of likely N-dealkylation sites (tertiary alicyclic amines) is 1. The number of thioether (sulfide) groups is 1. The quantitative estimate of drug-likeness (QED) is 0.817. The summed E-state index contributed by atoms with van der Waals surface area (Å²) in [6.45, 7) is 0.557. The zero-order valence-corrected chi connectivity index (χ0v) is 11.4. The minimum absolute atomic E-state index is 0.202. The minimum atomic E-state index is -0.893. The predicted molar refractivity (Wildman–Crippen MR) is 70.8 cm³/mol. The molecule has 6 heteroatoms. The Morgan fingerprint density at radius 2 is 2.11 bits per heavy atom. The molecule has 2 aliphatic rings. The van der Waals surface area contributed by atoms with Crippen LogP contribution in [0.25, 0.3) is 0 Å². The molecule has 0 bridgehead atoms. The molecule has 3 atom stereocenters. The van der Waals surface area contributed by atoms with E-state index in [0.29, 0.717) is 18.2 Å². The van der Waals surface area contributed by atoms with E-state index in [9.17, 15) is 9.59 Å². The standard InChI is InChI=1S/C12H20N2O3S/c1-18-9-5-4-8(7-9)13-12(17)14-6-2-3-10(14)11(15)16/h8-10H,2-7H2,1H3,(H,13,17)(H,15,16)/t8?,9?,10-/m1/s1. The SMILES string of the molecule is CSC1CCC(NC(=O)N2CCC[C@@H]2C(=O)O)C1. The number of amides is 2. The minimum Gasteiger partial charge on any atom is -0.480 e. The number of aliphatic carboxylic acids is 1. The molecule has 102 valence electrons. The average Bonchev–Trinajstić information content (AvgIpc) is 2.96. The summed E-state index contributed by atoms with van der Waals surface area (Å²) in [5.41, 5.74) is 0. The van der Waals surface area contributed by atoms with Crippen molar-refractivity contribution in [1.29, 1.82) is 0 Å². The van der Waals surface area contributed by atoms with Crippen LogP contribution in [0.1, 0.15) is 32.1 Å². The summed E-state index contributed by atoms with van der Waals surface area (Å²) in [4.78, 5) is 24.5. The third-order valence-electron chi connectivity index (χ3n) is 3.84. The average molecular weight is 272 g/mol. The molecule has 1 saturated carbocycles. The van der Waals surface area contributed by atoms with Crippen LogP contribution < -0.4 is 5.32 Å². The molecule has 1 aliphatic carbocycles. The topological polar surface area (TPSA) is 69.6 Å². The molecule has 2 fully saturated rings. The number of carboxylic acid groups (broad SMARTS) is 1. The van der Waals surface area contributed by atoms with Gasteiger partial charge in [0.1, 0.15) is 6.04 Å². The van der Waals surface area contributed by atoms with Crippen LogP contribution in [0.5, 0.6) is 0 Å². The van der Waals surface area contributed by atoms with Crippen molar-refractivity contribution in [2.24, 2.45) is 0 Å². The van der Waals surface area contributed by atoms with Gasteiger partial charge in [0.05, 0.1) is 0 Å². The highest BCUT2D eigenvalue weighted by molar-refractivity contribution is 7.99.